The Hall–Kier alpha value is -3.16. The molecule has 1 N–H and O–H groups in total. The van der Waals surface area contributed by atoms with Crippen LogP contribution in [0.2, 0.25) is 0 Å². The summed E-state index contributed by atoms with van der Waals surface area (Å²) in [6, 6.07) is 6.04. The summed E-state index contributed by atoms with van der Waals surface area (Å²) in [5.41, 5.74) is 3.71. The highest BCUT2D eigenvalue weighted by Crippen LogP contribution is 2.21. The van der Waals surface area contributed by atoms with Crippen LogP contribution in [0.5, 0.6) is 0 Å². The lowest BCUT2D eigenvalue weighted by atomic mass is 10.2. The zero-order chi connectivity index (χ0) is 18.4. The maximum atomic E-state index is 12.1. The standard InChI is InChI=1S/C18H21N7O/c1-5-15-21-16(12-10-20-25(4)17(12)22-15)19-9-11-6-7-13-14(8-11)24(3)18(26)23(13)2/h6-8,10H,5,9H2,1-4H3,(H,19,21,22). The van der Waals surface area contributed by atoms with Crippen LogP contribution in [0.1, 0.15) is 18.3 Å². The molecule has 0 unspecified atom stereocenters. The van der Waals surface area contributed by atoms with Gasteiger partial charge in [0.05, 0.1) is 22.6 Å². The van der Waals surface area contributed by atoms with Crippen LogP contribution < -0.4 is 11.0 Å². The van der Waals surface area contributed by atoms with E-state index in [1.54, 1.807) is 34.1 Å². The van der Waals surface area contributed by atoms with Crippen LogP contribution in [0, 0.1) is 0 Å². The quantitative estimate of drug-likeness (QED) is 0.605. The Morgan fingerprint density at radius 3 is 2.62 bits per heavy atom. The van der Waals surface area contributed by atoms with Crippen LogP contribution in [-0.4, -0.2) is 28.9 Å². The van der Waals surface area contributed by atoms with Gasteiger partial charge in [0, 0.05) is 34.1 Å². The number of hydrogen-bond donors (Lipinski definition) is 1. The molecule has 0 aliphatic rings. The molecule has 26 heavy (non-hydrogen) atoms. The lowest BCUT2D eigenvalue weighted by Gasteiger charge is -2.09. The van der Waals surface area contributed by atoms with Gasteiger partial charge in [-0.05, 0) is 17.7 Å². The van der Waals surface area contributed by atoms with E-state index in [9.17, 15) is 4.79 Å². The summed E-state index contributed by atoms with van der Waals surface area (Å²) >= 11 is 0. The highest BCUT2D eigenvalue weighted by atomic mass is 16.1. The number of aryl methyl sites for hydroxylation is 4. The molecule has 0 bridgehead atoms. The predicted molar refractivity (Wildman–Crippen MR) is 101 cm³/mol. The summed E-state index contributed by atoms with van der Waals surface area (Å²) in [4.78, 5) is 21.2. The first kappa shape index (κ1) is 16.3. The van der Waals surface area contributed by atoms with Crippen LogP contribution in [0.25, 0.3) is 22.1 Å². The fourth-order valence-electron chi connectivity index (χ4n) is 3.21. The van der Waals surface area contributed by atoms with Crippen LogP contribution in [0.4, 0.5) is 5.82 Å². The molecular weight excluding hydrogens is 330 g/mol. The Morgan fingerprint density at radius 1 is 1.08 bits per heavy atom. The van der Waals surface area contributed by atoms with Crippen molar-refractivity contribution in [2.75, 3.05) is 5.32 Å². The molecule has 3 heterocycles. The zero-order valence-corrected chi connectivity index (χ0v) is 15.3. The Labute approximate surface area is 150 Å². The van der Waals surface area contributed by atoms with E-state index < -0.39 is 0 Å². The number of hydrogen-bond acceptors (Lipinski definition) is 5. The van der Waals surface area contributed by atoms with Crippen LogP contribution in [0.15, 0.2) is 29.2 Å². The van der Waals surface area contributed by atoms with Crippen LogP contribution in [-0.2, 0) is 34.1 Å². The Kier molecular flexibility index (Phi) is 3.75. The minimum atomic E-state index is -0.0226. The molecule has 0 saturated carbocycles. The van der Waals surface area contributed by atoms with Gasteiger partial charge < -0.3 is 5.32 Å². The van der Waals surface area contributed by atoms with E-state index in [1.807, 2.05) is 32.2 Å². The maximum absolute atomic E-state index is 12.1. The van der Waals surface area contributed by atoms with Gasteiger partial charge in [0.25, 0.3) is 0 Å². The Balaban J connectivity index is 1.69. The number of nitrogens with zero attached hydrogens (tertiary/aromatic N) is 6. The first-order chi connectivity index (χ1) is 12.5. The molecule has 4 aromatic rings. The largest absolute Gasteiger partial charge is 0.365 e. The zero-order valence-electron chi connectivity index (χ0n) is 15.3. The number of imidazole rings is 1. The lowest BCUT2D eigenvalue weighted by molar-refractivity contribution is 0.779. The summed E-state index contributed by atoms with van der Waals surface area (Å²) in [5.74, 6) is 1.56. The topological polar surface area (TPSA) is 82.6 Å². The fourth-order valence-corrected chi connectivity index (χ4v) is 3.21. The summed E-state index contributed by atoms with van der Waals surface area (Å²) in [7, 11) is 5.45. The molecule has 8 heteroatoms. The molecule has 0 spiro atoms. The molecule has 0 aliphatic carbocycles. The van der Waals surface area contributed by atoms with Gasteiger partial charge in [-0.15, -0.1) is 0 Å². The SMILES string of the molecule is CCc1nc(NCc2ccc3c(c2)n(C)c(=O)n3C)c2cnn(C)c2n1. The molecule has 0 aliphatic heterocycles. The summed E-state index contributed by atoms with van der Waals surface area (Å²) in [5, 5.41) is 8.58. The normalized spacial score (nSPS) is 11.5. The molecule has 0 amide bonds. The molecular formula is C18H21N7O. The van der Waals surface area contributed by atoms with Crippen molar-refractivity contribution in [1.82, 2.24) is 28.9 Å². The van der Waals surface area contributed by atoms with Crippen molar-refractivity contribution in [1.29, 1.82) is 0 Å². The molecule has 0 radical (unpaired) electrons. The average molecular weight is 351 g/mol. The van der Waals surface area contributed by atoms with E-state index >= 15 is 0 Å². The van der Waals surface area contributed by atoms with Gasteiger partial charge >= 0.3 is 5.69 Å². The summed E-state index contributed by atoms with van der Waals surface area (Å²) in [6.45, 7) is 2.63. The molecule has 8 nitrogen and oxygen atoms in total. The number of benzene rings is 1. The minimum absolute atomic E-state index is 0.0226. The molecule has 0 saturated heterocycles. The third-order valence-corrected chi connectivity index (χ3v) is 4.75. The summed E-state index contributed by atoms with van der Waals surface area (Å²) < 4.78 is 5.08. The second-order valence-electron chi connectivity index (χ2n) is 6.42. The maximum Gasteiger partial charge on any atom is 0.328 e. The number of anilines is 1. The van der Waals surface area contributed by atoms with Gasteiger partial charge in [0.1, 0.15) is 11.6 Å². The van der Waals surface area contributed by atoms with Gasteiger partial charge in [0.15, 0.2) is 5.65 Å². The van der Waals surface area contributed by atoms with Crippen LogP contribution >= 0.6 is 0 Å². The minimum Gasteiger partial charge on any atom is -0.365 e. The molecule has 4 rings (SSSR count). The van der Waals surface area contributed by atoms with Crippen molar-refractivity contribution < 1.29 is 0 Å². The van der Waals surface area contributed by atoms with Crippen molar-refractivity contribution in [3.63, 3.8) is 0 Å². The van der Waals surface area contributed by atoms with Gasteiger partial charge in [-0.2, -0.15) is 5.10 Å². The van der Waals surface area contributed by atoms with Gasteiger partial charge in [-0.25, -0.2) is 14.8 Å². The lowest BCUT2D eigenvalue weighted by Crippen LogP contribution is -2.19. The second kappa shape index (κ2) is 5.98. The summed E-state index contributed by atoms with van der Waals surface area (Å²) in [6.07, 6.45) is 2.54. The fraction of sp³-hybridized carbons (Fsp3) is 0.333. The van der Waals surface area contributed by atoms with E-state index in [1.165, 1.54) is 0 Å². The van der Waals surface area contributed by atoms with E-state index in [0.717, 1.165) is 45.7 Å². The average Bonchev–Trinajstić information content (AvgIpc) is 3.13. The van der Waals surface area contributed by atoms with E-state index in [4.69, 9.17) is 0 Å². The van der Waals surface area contributed by atoms with E-state index in [0.29, 0.717) is 6.54 Å². The van der Waals surface area contributed by atoms with E-state index in [2.05, 4.69) is 20.4 Å². The Bertz CT molecular complexity index is 1180. The predicted octanol–water partition coefficient (Wildman–Crippen LogP) is 1.73. The van der Waals surface area contributed by atoms with Crippen LogP contribution in [0.3, 0.4) is 0 Å². The number of fused-ring (bicyclic) bond motifs is 2. The molecule has 3 aromatic heterocycles. The molecule has 134 valence electrons. The van der Waals surface area contributed by atoms with Crippen molar-refractivity contribution in [2.45, 2.75) is 19.9 Å². The first-order valence-corrected chi connectivity index (χ1v) is 8.56. The third-order valence-electron chi connectivity index (χ3n) is 4.75. The number of rotatable bonds is 4. The number of aromatic nitrogens is 6. The van der Waals surface area contributed by atoms with Gasteiger partial charge in [-0.3, -0.25) is 13.8 Å². The highest BCUT2D eigenvalue weighted by molar-refractivity contribution is 5.86. The van der Waals surface area contributed by atoms with Gasteiger partial charge in [0.2, 0.25) is 0 Å². The van der Waals surface area contributed by atoms with Crippen molar-refractivity contribution in [3.05, 3.63) is 46.3 Å². The monoisotopic (exact) mass is 351 g/mol. The molecule has 0 atom stereocenters. The number of nitrogens with one attached hydrogen (secondary N) is 1. The first-order valence-electron chi connectivity index (χ1n) is 8.56. The van der Waals surface area contributed by atoms with Crippen molar-refractivity contribution in [3.8, 4) is 0 Å². The van der Waals surface area contributed by atoms with E-state index in [-0.39, 0.29) is 5.69 Å². The highest BCUT2D eigenvalue weighted by Gasteiger charge is 2.12. The molecule has 0 fully saturated rings. The van der Waals surface area contributed by atoms with Crippen molar-refractivity contribution in [2.24, 2.45) is 21.1 Å². The Morgan fingerprint density at radius 2 is 1.85 bits per heavy atom. The van der Waals surface area contributed by atoms with Crippen molar-refractivity contribution >= 4 is 27.9 Å². The van der Waals surface area contributed by atoms with Gasteiger partial charge in [-0.1, -0.05) is 13.0 Å². The smallest absolute Gasteiger partial charge is 0.328 e. The molecule has 1 aromatic carbocycles. The second-order valence-corrected chi connectivity index (χ2v) is 6.42. The third kappa shape index (κ3) is 2.45.